The molecule has 0 saturated heterocycles. The van der Waals surface area contributed by atoms with Crippen molar-refractivity contribution in [2.24, 2.45) is 0 Å². The molecule has 0 N–H and O–H groups in total. The first-order valence-corrected chi connectivity index (χ1v) is 8.63. The Hall–Kier alpha value is -2.53. The maximum Gasteiger partial charge on any atom is 0.243 e. The largest absolute Gasteiger partial charge is 0.493 e. The van der Waals surface area contributed by atoms with Crippen LogP contribution in [0.2, 0.25) is 0 Å². The van der Waals surface area contributed by atoms with Crippen molar-refractivity contribution in [3.05, 3.63) is 53.6 Å². The van der Waals surface area contributed by atoms with Crippen molar-refractivity contribution in [1.29, 1.82) is 0 Å². The Morgan fingerprint density at radius 2 is 1.62 bits per heavy atom. The van der Waals surface area contributed by atoms with Gasteiger partial charge in [0, 0.05) is 19.3 Å². The van der Waals surface area contributed by atoms with Crippen molar-refractivity contribution in [3.8, 4) is 11.5 Å². The summed E-state index contributed by atoms with van der Waals surface area (Å²) >= 11 is 0. The van der Waals surface area contributed by atoms with Gasteiger partial charge in [-0.15, -0.1) is 0 Å². The Balaban J connectivity index is 2.14. The first-order valence-electron chi connectivity index (χ1n) is 8.63. The third-order valence-corrected chi connectivity index (χ3v) is 4.75. The molecule has 5 nitrogen and oxygen atoms in total. The number of para-hydroxylation sites is 1. The number of methoxy groups -OCH3 is 2. The first-order chi connectivity index (χ1) is 12.4. The summed E-state index contributed by atoms with van der Waals surface area (Å²) in [4.78, 5) is 16.6. The molecule has 1 atom stereocenters. The number of benzene rings is 2. The van der Waals surface area contributed by atoms with Gasteiger partial charge >= 0.3 is 0 Å². The Morgan fingerprint density at radius 1 is 1.04 bits per heavy atom. The lowest BCUT2D eigenvalue weighted by Crippen LogP contribution is -2.44. The van der Waals surface area contributed by atoms with E-state index in [1.807, 2.05) is 75.3 Å². The molecule has 0 bridgehead atoms. The molecule has 2 aromatic rings. The Morgan fingerprint density at radius 3 is 2.19 bits per heavy atom. The maximum atomic E-state index is 12.8. The van der Waals surface area contributed by atoms with E-state index in [0.717, 1.165) is 16.8 Å². The van der Waals surface area contributed by atoms with Gasteiger partial charge in [0.25, 0.3) is 0 Å². The first kappa shape index (κ1) is 19.8. The molecule has 2 rings (SSSR count). The lowest BCUT2D eigenvalue weighted by atomic mass is 10.1. The zero-order valence-electron chi connectivity index (χ0n) is 16.4. The van der Waals surface area contributed by atoms with E-state index in [4.69, 9.17) is 9.47 Å². The highest BCUT2D eigenvalue weighted by atomic mass is 16.5. The Kier molecular flexibility index (Phi) is 6.64. The molecule has 0 aliphatic rings. The van der Waals surface area contributed by atoms with Gasteiger partial charge in [0.1, 0.15) is 0 Å². The monoisotopic (exact) mass is 356 g/mol. The zero-order chi connectivity index (χ0) is 19.3. The molecule has 0 spiro atoms. The molecule has 0 aliphatic heterocycles. The van der Waals surface area contributed by atoms with Crippen LogP contribution in [0.5, 0.6) is 11.5 Å². The summed E-state index contributed by atoms with van der Waals surface area (Å²) < 4.78 is 10.7. The van der Waals surface area contributed by atoms with Crippen molar-refractivity contribution in [2.75, 3.05) is 33.2 Å². The summed E-state index contributed by atoms with van der Waals surface area (Å²) in [5.41, 5.74) is 3.10. The molecule has 1 amide bonds. The summed E-state index contributed by atoms with van der Waals surface area (Å²) in [5.74, 6) is 1.46. The van der Waals surface area contributed by atoms with E-state index in [9.17, 15) is 4.79 Å². The van der Waals surface area contributed by atoms with Crippen LogP contribution in [0.15, 0.2) is 42.5 Å². The van der Waals surface area contributed by atoms with Gasteiger partial charge in [-0.3, -0.25) is 9.69 Å². The van der Waals surface area contributed by atoms with Crippen LogP contribution < -0.4 is 14.4 Å². The normalized spacial score (nSPS) is 12.0. The van der Waals surface area contributed by atoms with Crippen molar-refractivity contribution in [3.63, 3.8) is 0 Å². The van der Waals surface area contributed by atoms with E-state index < -0.39 is 0 Å². The minimum Gasteiger partial charge on any atom is -0.493 e. The standard InChI is InChI=1S/C21H28N2O3/c1-15-12-19(25-5)20(26-6)13-17(15)14-22(3)16(2)21(24)23(4)18-10-8-7-9-11-18/h7-13,16H,14H2,1-6H3/t16-/m0/s1. The van der Waals surface area contributed by atoms with Crippen molar-refractivity contribution in [2.45, 2.75) is 26.4 Å². The lowest BCUT2D eigenvalue weighted by molar-refractivity contribution is -0.122. The molecular formula is C21H28N2O3. The van der Waals surface area contributed by atoms with Crippen LogP contribution >= 0.6 is 0 Å². The number of hydrogen-bond donors (Lipinski definition) is 0. The van der Waals surface area contributed by atoms with E-state index >= 15 is 0 Å². The van der Waals surface area contributed by atoms with Crippen molar-refractivity contribution >= 4 is 11.6 Å². The summed E-state index contributed by atoms with van der Waals surface area (Å²) in [6.07, 6.45) is 0. The quantitative estimate of drug-likeness (QED) is 0.761. The van der Waals surface area contributed by atoms with Gasteiger partial charge in [0.15, 0.2) is 11.5 Å². The molecule has 0 aromatic heterocycles. The second-order valence-corrected chi connectivity index (χ2v) is 6.46. The minimum atomic E-state index is -0.257. The van der Waals surface area contributed by atoms with Crippen LogP contribution in [0.25, 0.3) is 0 Å². The topological polar surface area (TPSA) is 42.0 Å². The molecule has 0 aliphatic carbocycles. The van der Waals surface area contributed by atoms with Gasteiger partial charge in [-0.25, -0.2) is 0 Å². The number of carbonyl (C=O) groups excluding carboxylic acids is 1. The molecule has 2 aromatic carbocycles. The smallest absolute Gasteiger partial charge is 0.243 e. The molecular weight excluding hydrogens is 328 g/mol. The molecule has 5 heteroatoms. The third-order valence-electron chi connectivity index (χ3n) is 4.75. The number of hydrogen-bond acceptors (Lipinski definition) is 4. The average molecular weight is 356 g/mol. The Bertz CT molecular complexity index is 746. The average Bonchev–Trinajstić information content (AvgIpc) is 2.67. The SMILES string of the molecule is COc1cc(C)c(CN(C)[C@@H](C)C(=O)N(C)c2ccccc2)cc1OC. The summed E-state index contributed by atoms with van der Waals surface area (Å²) in [7, 11) is 7.02. The van der Waals surface area contributed by atoms with Crippen LogP contribution in [-0.4, -0.2) is 45.2 Å². The van der Waals surface area contributed by atoms with E-state index in [0.29, 0.717) is 18.0 Å². The van der Waals surface area contributed by atoms with Gasteiger partial charge in [0.05, 0.1) is 20.3 Å². The molecule has 26 heavy (non-hydrogen) atoms. The van der Waals surface area contributed by atoms with Crippen LogP contribution in [0, 0.1) is 6.92 Å². The zero-order valence-corrected chi connectivity index (χ0v) is 16.4. The summed E-state index contributed by atoms with van der Waals surface area (Å²) in [5, 5.41) is 0. The highest BCUT2D eigenvalue weighted by Gasteiger charge is 2.23. The summed E-state index contributed by atoms with van der Waals surface area (Å²) in [6.45, 7) is 4.60. The predicted octanol–water partition coefficient (Wildman–Crippen LogP) is 3.50. The maximum absolute atomic E-state index is 12.8. The number of ether oxygens (including phenoxy) is 2. The second-order valence-electron chi connectivity index (χ2n) is 6.46. The van der Waals surface area contributed by atoms with Crippen LogP contribution in [-0.2, 0) is 11.3 Å². The number of amides is 1. The molecule has 0 radical (unpaired) electrons. The van der Waals surface area contributed by atoms with Crippen LogP contribution in [0.4, 0.5) is 5.69 Å². The predicted molar refractivity (Wildman–Crippen MR) is 105 cm³/mol. The number of aryl methyl sites for hydroxylation is 1. The van der Waals surface area contributed by atoms with Gasteiger partial charge in [-0.05, 0) is 56.3 Å². The van der Waals surface area contributed by atoms with E-state index in [1.165, 1.54) is 0 Å². The van der Waals surface area contributed by atoms with Crippen LogP contribution in [0.1, 0.15) is 18.1 Å². The fourth-order valence-corrected chi connectivity index (χ4v) is 2.85. The highest BCUT2D eigenvalue weighted by molar-refractivity contribution is 5.96. The number of carbonyl (C=O) groups is 1. The molecule has 0 saturated carbocycles. The van der Waals surface area contributed by atoms with Gasteiger partial charge in [-0.1, -0.05) is 18.2 Å². The van der Waals surface area contributed by atoms with E-state index in [2.05, 4.69) is 0 Å². The van der Waals surface area contributed by atoms with Crippen molar-refractivity contribution < 1.29 is 14.3 Å². The summed E-state index contributed by atoms with van der Waals surface area (Å²) in [6, 6.07) is 13.4. The molecule has 0 heterocycles. The van der Waals surface area contributed by atoms with E-state index in [-0.39, 0.29) is 11.9 Å². The minimum absolute atomic E-state index is 0.0526. The number of rotatable bonds is 7. The van der Waals surface area contributed by atoms with Gasteiger partial charge < -0.3 is 14.4 Å². The molecule has 0 fully saturated rings. The Labute approximate surface area is 156 Å². The highest BCUT2D eigenvalue weighted by Crippen LogP contribution is 2.31. The fraction of sp³-hybridized carbons (Fsp3) is 0.381. The number of anilines is 1. The third kappa shape index (κ3) is 4.35. The van der Waals surface area contributed by atoms with Gasteiger partial charge in [0.2, 0.25) is 5.91 Å². The number of nitrogens with zero attached hydrogens (tertiary/aromatic N) is 2. The van der Waals surface area contributed by atoms with Gasteiger partial charge in [-0.2, -0.15) is 0 Å². The van der Waals surface area contributed by atoms with Crippen molar-refractivity contribution in [1.82, 2.24) is 4.90 Å². The number of likely N-dealkylation sites (N-methyl/N-ethyl adjacent to an activating group) is 2. The molecule has 140 valence electrons. The van der Waals surface area contributed by atoms with E-state index in [1.54, 1.807) is 19.1 Å². The fourth-order valence-electron chi connectivity index (χ4n) is 2.85. The lowest BCUT2D eigenvalue weighted by Gasteiger charge is -2.29. The van der Waals surface area contributed by atoms with Crippen LogP contribution in [0.3, 0.4) is 0 Å². The molecule has 0 unspecified atom stereocenters. The second kappa shape index (κ2) is 8.72.